The van der Waals surface area contributed by atoms with Crippen LogP contribution in [0.4, 0.5) is 0 Å². The number of carboxylic acids is 1. The van der Waals surface area contributed by atoms with Crippen molar-refractivity contribution in [2.24, 2.45) is 11.8 Å². The van der Waals surface area contributed by atoms with Gasteiger partial charge in [0.1, 0.15) is 12.1 Å². The molecule has 21 heavy (non-hydrogen) atoms. The van der Waals surface area contributed by atoms with E-state index in [1.54, 1.807) is 6.92 Å². The van der Waals surface area contributed by atoms with Crippen LogP contribution in [0.5, 0.6) is 0 Å². The van der Waals surface area contributed by atoms with E-state index in [0.29, 0.717) is 0 Å². The molecule has 0 bridgehead atoms. The maximum atomic E-state index is 11.7. The molecule has 3 N–H and O–H groups in total. The van der Waals surface area contributed by atoms with E-state index in [0.717, 1.165) is 0 Å². The highest BCUT2D eigenvalue weighted by atomic mass is 16.5. The van der Waals surface area contributed by atoms with Crippen LogP contribution in [0.25, 0.3) is 0 Å². The fourth-order valence-electron chi connectivity index (χ4n) is 1.78. The molecular formula is C14H25NO6. The van der Waals surface area contributed by atoms with E-state index in [9.17, 15) is 19.5 Å². The summed E-state index contributed by atoms with van der Waals surface area (Å²) in [5, 5.41) is 21.0. The number of ether oxygens (including phenoxy) is 1. The average molecular weight is 303 g/mol. The number of hydrogen-bond acceptors (Lipinski definition) is 5. The van der Waals surface area contributed by atoms with Crippen molar-refractivity contribution in [1.29, 1.82) is 0 Å². The smallest absolute Gasteiger partial charge is 0.326 e. The van der Waals surface area contributed by atoms with Gasteiger partial charge < -0.3 is 20.3 Å². The largest absolute Gasteiger partial charge is 0.480 e. The van der Waals surface area contributed by atoms with E-state index in [-0.39, 0.29) is 25.4 Å². The summed E-state index contributed by atoms with van der Waals surface area (Å²) in [6.45, 7) is 7.08. The molecule has 0 rings (SSSR count). The molecule has 7 nitrogen and oxygen atoms in total. The number of carboxylic acid groups (broad SMARTS) is 1. The minimum Gasteiger partial charge on any atom is -0.480 e. The summed E-state index contributed by atoms with van der Waals surface area (Å²) >= 11 is 0. The van der Waals surface area contributed by atoms with Crippen LogP contribution < -0.4 is 5.32 Å². The lowest BCUT2D eigenvalue weighted by Gasteiger charge is -2.20. The van der Waals surface area contributed by atoms with Crippen molar-refractivity contribution in [2.75, 3.05) is 6.61 Å². The molecule has 7 heteroatoms. The molecular weight excluding hydrogens is 278 g/mol. The predicted octanol–water partition coefficient (Wildman–Crippen LogP) is 0.552. The second kappa shape index (κ2) is 9.33. The molecule has 3 atom stereocenters. The van der Waals surface area contributed by atoms with Crippen LogP contribution in [0.1, 0.15) is 40.5 Å². The number of carbonyl (C=O) groups is 3. The minimum absolute atomic E-state index is 0.0890. The first-order valence-electron chi connectivity index (χ1n) is 7.06. The fourth-order valence-corrected chi connectivity index (χ4v) is 1.78. The zero-order chi connectivity index (χ0) is 16.6. The van der Waals surface area contributed by atoms with Crippen molar-refractivity contribution in [3.05, 3.63) is 0 Å². The van der Waals surface area contributed by atoms with Gasteiger partial charge in [0.05, 0.1) is 12.5 Å². The first-order valence-corrected chi connectivity index (χ1v) is 7.06. The lowest BCUT2D eigenvalue weighted by Crippen LogP contribution is -2.47. The second-order valence-electron chi connectivity index (χ2n) is 5.43. The number of carbonyl (C=O) groups excluding carboxylic acids is 2. The summed E-state index contributed by atoms with van der Waals surface area (Å²) in [7, 11) is 0. The highest BCUT2D eigenvalue weighted by Gasteiger charge is 2.28. The number of aliphatic hydroxyl groups excluding tert-OH is 1. The van der Waals surface area contributed by atoms with Crippen LogP contribution >= 0.6 is 0 Å². The lowest BCUT2D eigenvalue weighted by atomic mass is 10.0. The summed E-state index contributed by atoms with van der Waals surface area (Å²) < 4.78 is 4.80. The Kier molecular flexibility index (Phi) is 8.61. The number of aliphatic carboxylic acids is 1. The monoisotopic (exact) mass is 303 g/mol. The third-order valence-electron chi connectivity index (χ3n) is 2.89. The number of aliphatic hydroxyl groups is 1. The molecule has 0 saturated carbocycles. The standard InChI is InChI=1S/C14H25NO6/c1-5-21-14(20)9(4)7-10(13(18)19)15-12(17)11(16)6-8(2)3/h8-11,16H,5-7H2,1-4H3,(H,15,17)(H,18,19)/t9-,10+,11-/m1/s1. The number of esters is 1. The summed E-state index contributed by atoms with van der Waals surface area (Å²) in [6.07, 6.45) is -1.11. The Morgan fingerprint density at radius 1 is 1.14 bits per heavy atom. The predicted molar refractivity (Wildman–Crippen MR) is 75.4 cm³/mol. The van der Waals surface area contributed by atoms with E-state index in [2.05, 4.69) is 5.32 Å². The first kappa shape index (κ1) is 19.4. The third-order valence-corrected chi connectivity index (χ3v) is 2.89. The Labute approximate surface area is 124 Å². The number of nitrogens with one attached hydrogen (secondary N) is 1. The molecule has 0 unspecified atom stereocenters. The Bertz CT molecular complexity index is 368. The molecule has 0 aromatic carbocycles. The summed E-state index contributed by atoms with van der Waals surface area (Å²) in [6, 6.07) is -1.24. The molecule has 0 heterocycles. The zero-order valence-corrected chi connectivity index (χ0v) is 13.0. The van der Waals surface area contributed by atoms with E-state index >= 15 is 0 Å². The van der Waals surface area contributed by atoms with Gasteiger partial charge in [-0.05, 0) is 25.7 Å². The van der Waals surface area contributed by atoms with Gasteiger partial charge in [-0.2, -0.15) is 0 Å². The highest BCUT2D eigenvalue weighted by molar-refractivity contribution is 5.86. The van der Waals surface area contributed by atoms with E-state index in [1.165, 1.54) is 6.92 Å². The molecule has 122 valence electrons. The molecule has 0 radical (unpaired) electrons. The average Bonchev–Trinajstić information content (AvgIpc) is 2.36. The number of amides is 1. The first-order chi connectivity index (χ1) is 9.68. The van der Waals surface area contributed by atoms with Crippen molar-refractivity contribution >= 4 is 17.8 Å². The van der Waals surface area contributed by atoms with E-state index < -0.39 is 35.9 Å². The molecule has 0 aromatic heterocycles. The van der Waals surface area contributed by atoms with Crippen LogP contribution in [0.3, 0.4) is 0 Å². The van der Waals surface area contributed by atoms with Crippen LogP contribution in [0, 0.1) is 11.8 Å². The molecule has 0 aliphatic carbocycles. The maximum Gasteiger partial charge on any atom is 0.326 e. The SMILES string of the molecule is CCOC(=O)[C@H](C)C[C@H](NC(=O)[C@H](O)CC(C)C)C(=O)O. The van der Waals surface area contributed by atoms with Gasteiger partial charge in [0.25, 0.3) is 0 Å². The van der Waals surface area contributed by atoms with Crippen molar-refractivity contribution < 1.29 is 29.3 Å². The maximum absolute atomic E-state index is 11.7. The van der Waals surface area contributed by atoms with Gasteiger partial charge in [-0.3, -0.25) is 9.59 Å². The van der Waals surface area contributed by atoms with Crippen LogP contribution in [-0.2, 0) is 19.1 Å². The Morgan fingerprint density at radius 2 is 1.71 bits per heavy atom. The summed E-state index contributed by atoms with van der Waals surface area (Å²) in [5.74, 6) is -3.06. The molecule has 0 aliphatic rings. The second-order valence-corrected chi connectivity index (χ2v) is 5.43. The van der Waals surface area contributed by atoms with E-state index in [1.807, 2.05) is 13.8 Å². The van der Waals surface area contributed by atoms with Gasteiger partial charge in [-0.25, -0.2) is 4.79 Å². The van der Waals surface area contributed by atoms with Gasteiger partial charge in [0, 0.05) is 0 Å². The van der Waals surface area contributed by atoms with E-state index in [4.69, 9.17) is 9.84 Å². The van der Waals surface area contributed by atoms with Crippen molar-refractivity contribution in [2.45, 2.75) is 52.7 Å². The van der Waals surface area contributed by atoms with Crippen LogP contribution in [-0.4, -0.2) is 46.8 Å². The van der Waals surface area contributed by atoms with Crippen molar-refractivity contribution in [3.63, 3.8) is 0 Å². The van der Waals surface area contributed by atoms with Crippen molar-refractivity contribution in [1.82, 2.24) is 5.32 Å². The van der Waals surface area contributed by atoms with Crippen LogP contribution in [0.2, 0.25) is 0 Å². The van der Waals surface area contributed by atoms with Gasteiger partial charge in [0.2, 0.25) is 5.91 Å². The topological polar surface area (TPSA) is 113 Å². The van der Waals surface area contributed by atoms with Crippen LogP contribution in [0.15, 0.2) is 0 Å². The minimum atomic E-state index is -1.26. The van der Waals surface area contributed by atoms with Crippen molar-refractivity contribution in [3.8, 4) is 0 Å². The molecule has 1 amide bonds. The fraction of sp³-hybridized carbons (Fsp3) is 0.786. The molecule has 0 saturated heterocycles. The van der Waals surface area contributed by atoms with Gasteiger partial charge in [-0.1, -0.05) is 20.8 Å². The molecule has 0 spiro atoms. The van der Waals surface area contributed by atoms with Gasteiger partial charge >= 0.3 is 11.9 Å². The molecule has 0 aromatic rings. The molecule has 0 fully saturated rings. The number of rotatable bonds is 9. The Morgan fingerprint density at radius 3 is 2.14 bits per heavy atom. The lowest BCUT2D eigenvalue weighted by molar-refractivity contribution is -0.149. The quantitative estimate of drug-likeness (QED) is 0.536. The van der Waals surface area contributed by atoms with Gasteiger partial charge in [-0.15, -0.1) is 0 Å². The number of hydrogen-bond donors (Lipinski definition) is 3. The summed E-state index contributed by atoms with van der Waals surface area (Å²) in [4.78, 5) is 34.4. The third kappa shape index (κ3) is 7.65. The summed E-state index contributed by atoms with van der Waals surface area (Å²) in [5.41, 5.74) is 0. The molecule has 0 aliphatic heterocycles. The van der Waals surface area contributed by atoms with Gasteiger partial charge in [0.15, 0.2) is 0 Å². The zero-order valence-electron chi connectivity index (χ0n) is 13.0. The highest BCUT2D eigenvalue weighted by Crippen LogP contribution is 2.10. The Balaban J connectivity index is 4.59. The Hall–Kier alpha value is -1.63. The normalized spacial score (nSPS) is 15.1.